The van der Waals surface area contributed by atoms with E-state index in [1.165, 1.54) is 77.5 Å². The van der Waals surface area contributed by atoms with Gasteiger partial charge in [0.25, 0.3) is 0 Å². The van der Waals surface area contributed by atoms with E-state index < -0.39 is 0 Å². The van der Waals surface area contributed by atoms with Gasteiger partial charge in [0.1, 0.15) is 0 Å². The predicted molar refractivity (Wildman–Crippen MR) is 158 cm³/mol. The van der Waals surface area contributed by atoms with Gasteiger partial charge in [-0.2, -0.15) is 29.8 Å². The van der Waals surface area contributed by atoms with Crippen LogP contribution in [-0.4, -0.2) is 3.21 Å². The summed E-state index contributed by atoms with van der Waals surface area (Å²) in [5.41, 5.74) is 12.2. The molecule has 0 aromatic heterocycles. The SMILES string of the molecule is CC1=CC[C-]=C1.Cc1[c-]c2c(cc1)-c1ccc(C)cc1C2.[CH3-].[CH3-].[Zr]=[C](c1ccccc1)c1ccccc1. The molecule has 188 valence electrons. The monoisotopic (exact) mass is 558 g/mol. The van der Waals surface area contributed by atoms with Gasteiger partial charge in [-0.25, -0.2) is 11.6 Å². The molecule has 0 bridgehead atoms. The Morgan fingerprint density at radius 1 is 0.730 bits per heavy atom. The molecule has 0 spiro atoms. The van der Waals surface area contributed by atoms with E-state index in [-0.39, 0.29) is 14.9 Å². The fraction of sp³-hybridized carbons (Fsp3) is 0.139. The topological polar surface area (TPSA) is 0 Å². The third-order valence-corrected chi connectivity index (χ3v) is 7.51. The molecule has 0 unspecified atom stereocenters. The van der Waals surface area contributed by atoms with Crippen LogP contribution >= 0.6 is 0 Å². The summed E-state index contributed by atoms with van der Waals surface area (Å²) in [6.45, 7) is 6.34. The van der Waals surface area contributed by atoms with Crippen molar-refractivity contribution in [3.63, 3.8) is 0 Å². The van der Waals surface area contributed by atoms with Gasteiger partial charge in [-0.1, -0.05) is 36.2 Å². The van der Waals surface area contributed by atoms with Crippen LogP contribution in [0.1, 0.15) is 46.7 Å². The van der Waals surface area contributed by atoms with E-state index in [1.54, 1.807) is 0 Å². The average Bonchev–Trinajstić information content (AvgIpc) is 3.50. The predicted octanol–water partition coefficient (Wildman–Crippen LogP) is 9.07. The normalized spacial score (nSPS) is 11.7. The summed E-state index contributed by atoms with van der Waals surface area (Å²) < 4.78 is 1.42. The Hall–Kier alpha value is -2.89. The van der Waals surface area contributed by atoms with E-state index in [2.05, 4.69) is 130 Å². The molecule has 0 amide bonds. The molecule has 4 aromatic rings. The second-order valence-electron chi connectivity index (χ2n) is 8.98. The maximum atomic E-state index is 3.45. The van der Waals surface area contributed by atoms with E-state index in [9.17, 15) is 0 Å². The minimum atomic E-state index is 0. The summed E-state index contributed by atoms with van der Waals surface area (Å²) in [4.78, 5) is 0. The molecule has 0 saturated heterocycles. The van der Waals surface area contributed by atoms with Crippen molar-refractivity contribution in [1.29, 1.82) is 0 Å². The zero-order valence-corrected chi connectivity index (χ0v) is 25.2. The van der Waals surface area contributed by atoms with Crippen molar-refractivity contribution in [3.05, 3.63) is 169 Å². The maximum absolute atomic E-state index is 3.45. The molecule has 37 heavy (non-hydrogen) atoms. The van der Waals surface area contributed by atoms with Crippen LogP contribution in [0.15, 0.2) is 109 Å². The summed E-state index contributed by atoms with van der Waals surface area (Å²) >= 11 is 1.46. The molecule has 0 aliphatic heterocycles. The Morgan fingerprint density at radius 3 is 1.84 bits per heavy atom. The molecule has 0 heterocycles. The number of rotatable bonds is 2. The summed E-state index contributed by atoms with van der Waals surface area (Å²) in [5.74, 6) is 0. The van der Waals surface area contributed by atoms with Gasteiger partial charge in [0.05, 0.1) is 0 Å². The van der Waals surface area contributed by atoms with Crippen LogP contribution in [0.5, 0.6) is 0 Å². The van der Waals surface area contributed by atoms with Crippen molar-refractivity contribution in [3.8, 4) is 11.1 Å². The number of hydrogen-bond donors (Lipinski definition) is 0. The fourth-order valence-electron chi connectivity index (χ4n) is 4.24. The van der Waals surface area contributed by atoms with Crippen LogP contribution in [0, 0.1) is 40.8 Å². The number of allylic oxidation sites excluding steroid dienone is 4. The van der Waals surface area contributed by atoms with E-state index in [1.807, 2.05) is 6.08 Å². The van der Waals surface area contributed by atoms with Crippen molar-refractivity contribution >= 4 is 3.21 Å². The van der Waals surface area contributed by atoms with Crippen LogP contribution in [-0.2, 0) is 30.7 Å². The van der Waals surface area contributed by atoms with Crippen LogP contribution in [0.4, 0.5) is 0 Å². The molecule has 0 saturated carbocycles. The van der Waals surface area contributed by atoms with Gasteiger partial charge in [-0.3, -0.25) is 6.08 Å². The van der Waals surface area contributed by atoms with Crippen LogP contribution in [0.25, 0.3) is 11.1 Å². The summed E-state index contributed by atoms with van der Waals surface area (Å²) in [6.07, 6.45) is 9.29. The third-order valence-electron chi connectivity index (χ3n) is 6.09. The number of benzene rings is 4. The van der Waals surface area contributed by atoms with Crippen molar-refractivity contribution in [1.82, 2.24) is 0 Å². The molecule has 2 aliphatic rings. The molecule has 0 N–H and O–H groups in total. The Bertz CT molecular complexity index is 1260. The molecule has 0 nitrogen and oxygen atoms in total. The van der Waals surface area contributed by atoms with Crippen LogP contribution < -0.4 is 0 Å². The summed E-state index contributed by atoms with van der Waals surface area (Å²) in [7, 11) is 0. The molecule has 0 radical (unpaired) electrons. The Labute approximate surface area is 240 Å². The van der Waals surface area contributed by atoms with Gasteiger partial charge in [0.15, 0.2) is 0 Å². The molecule has 4 aromatic carbocycles. The third kappa shape index (κ3) is 8.31. The standard InChI is InChI=1S/C15H13.C13H10.C6H7.2CH3.Zr/c1-10-3-5-14-12(7-10)9-13-8-11(2)4-6-15(13)14;1-3-7-12(8-4-1)11-13-9-5-2-6-10-13;1-6-4-2-3-5-6;;;/h3-7H,9H2,1-2H3;1-10H;4-5H,2H2,1H3;2*1H3;/q-1;;3*-1;. The van der Waals surface area contributed by atoms with Crippen LogP contribution in [0.3, 0.4) is 0 Å². The van der Waals surface area contributed by atoms with E-state index >= 15 is 0 Å². The van der Waals surface area contributed by atoms with Crippen molar-refractivity contribution in [2.24, 2.45) is 0 Å². The van der Waals surface area contributed by atoms with Gasteiger partial charge in [0.2, 0.25) is 0 Å². The summed E-state index contributed by atoms with van der Waals surface area (Å²) in [6, 6.07) is 35.6. The second-order valence-corrected chi connectivity index (χ2v) is 10.2. The van der Waals surface area contributed by atoms with Crippen molar-refractivity contribution in [2.45, 2.75) is 33.6 Å². The van der Waals surface area contributed by atoms with E-state index in [0.29, 0.717) is 0 Å². The Balaban J connectivity index is 0.000000205. The summed E-state index contributed by atoms with van der Waals surface area (Å²) in [5, 5.41) is 0. The van der Waals surface area contributed by atoms with Gasteiger partial charge in [0, 0.05) is 0 Å². The molecular weight excluding hydrogens is 524 g/mol. The first-order valence-corrected chi connectivity index (χ1v) is 13.3. The number of hydrogen-bond acceptors (Lipinski definition) is 0. The molecule has 0 atom stereocenters. The van der Waals surface area contributed by atoms with Gasteiger partial charge in [-0.05, 0) is 18.9 Å². The van der Waals surface area contributed by atoms with Crippen molar-refractivity contribution in [2.75, 3.05) is 0 Å². The Kier molecular flexibility index (Phi) is 12.1. The van der Waals surface area contributed by atoms with Gasteiger partial charge >= 0.3 is 99.2 Å². The quantitative estimate of drug-likeness (QED) is 0.189. The zero-order valence-electron chi connectivity index (χ0n) is 22.7. The fourth-order valence-corrected chi connectivity index (χ4v) is 5.06. The average molecular weight is 560 g/mol. The first-order valence-electron chi connectivity index (χ1n) is 12.1. The van der Waals surface area contributed by atoms with Gasteiger partial charge in [-0.15, -0.1) is 24.5 Å². The number of fused-ring (bicyclic) bond motifs is 3. The van der Waals surface area contributed by atoms with Crippen LogP contribution in [0.2, 0.25) is 0 Å². The number of aryl methyl sites for hydroxylation is 2. The molecule has 1 heteroatoms. The van der Waals surface area contributed by atoms with Gasteiger partial charge < -0.3 is 14.9 Å². The zero-order chi connectivity index (χ0) is 24.6. The molecule has 0 fully saturated rings. The molecular formula is C36H36Zr-4. The van der Waals surface area contributed by atoms with E-state index in [0.717, 1.165) is 12.8 Å². The van der Waals surface area contributed by atoms with E-state index in [4.69, 9.17) is 0 Å². The molecule has 2 aliphatic carbocycles. The minimum absolute atomic E-state index is 0. The second kappa shape index (κ2) is 14.8. The first kappa shape index (κ1) is 30.3. The Morgan fingerprint density at radius 2 is 1.32 bits per heavy atom. The first-order chi connectivity index (χ1) is 17.0. The molecule has 6 rings (SSSR count). The van der Waals surface area contributed by atoms with Crippen molar-refractivity contribution < 1.29 is 24.2 Å².